The topological polar surface area (TPSA) is 78.5 Å². The molecule has 0 unspecified atom stereocenters. The molecule has 1 aromatic heterocycles. The van der Waals surface area contributed by atoms with Crippen LogP contribution in [0.15, 0.2) is 12.4 Å². The van der Waals surface area contributed by atoms with E-state index in [9.17, 15) is 9.59 Å². The predicted molar refractivity (Wildman–Crippen MR) is 83.6 cm³/mol. The Hall–Kier alpha value is -1.89. The third kappa shape index (κ3) is 3.39. The van der Waals surface area contributed by atoms with Crippen molar-refractivity contribution in [3.63, 3.8) is 0 Å². The van der Waals surface area contributed by atoms with Crippen LogP contribution in [-0.2, 0) is 20.7 Å². The number of rotatable bonds is 7. The average molecular weight is 320 g/mol. The lowest BCUT2D eigenvalue weighted by Gasteiger charge is -2.25. The zero-order chi connectivity index (χ0) is 16.2. The van der Waals surface area contributed by atoms with Gasteiger partial charge in [-0.1, -0.05) is 0 Å². The van der Waals surface area contributed by atoms with Gasteiger partial charge in [0.15, 0.2) is 0 Å². The number of carbonyl (C=O) groups is 2. The maximum absolute atomic E-state index is 12.5. The van der Waals surface area contributed by atoms with Gasteiger partial charge in [-0.25, -0.2) is 0 Å². The van der Waals surface area contributed by atoms with Crippen molar-refractivity contribution in [3.8, 4) is 0 Å². The summed E-state index contributed by atoms with van der Waals surface area (Å²) in [6.07, 6.45) is 6.04. The second-order valence-corrected chi connectivity index (χ2v) is 6.11. The molecule has 1 N–H and O–H groups in total. The molecule has 7 nitrogen and oxygen atoms in total. The second-order valence-electron chi connectivity index (χ2n) is 6.11. The van der Waals surface area contributed by atoms with E-state index in [2.05, 4.69) is 10.2 Å². The number of amides is 2. The van der Waals surface area contributed by atoms with Gasteiger partial charge in [0.2, 0.25) is 11.8 Å². The van der Waals surface area contributed by atoms with Crippen molar-refractivity contribution in [1.29, 1.82) is 0 Å². The van der Waals surface area contributed by atoms with E-state index in [1.807, 2.05) is 22.9 Å². The molecule has 126 valence electrons. The molecule has 2 saturated heterocycles. The van der Waals surface area contributed by atoms with Crippen LogP contribution in [0.4, 0.5) is 0 Å². The van der Waals surface area contributed by atoms with Crippen LogP contribution in [0.25, 0.3) is 0 Å². The molecule has 2 atom stereocenters. The molecule has 0 aromatic carbocycles. The minimum atomic E-state index is 0.0426. The monoisotopic (exact) mass is 320 g/mol. The minimum Gasteiger partial charge on any atom is -0.380 e. The van der Waals surface area contributed by atoms with Gasteiger partial charge in [-0.05, 0) is 25.3 Å². The Morgan fingerprint density at radius 3 is 3.09 bits per heavy atom. The molecule has 0 spiro atoms. The minimum absolute atomic E-state index is 0.0426. The van der Waals surface area contributed by atoms with Gasteiger partial charge in [-0.15, -0.1) is 0 Å². The quantitative estimate of drug-likeness (QED) is 0.746. The van der Waals surface area contributed by atoms with E-state index < -0.39 is 0 Å². The highest BCUT2D eigenvalue weighted by Gasteiger charge is 2.47. The fraction of sp³-hybridized carbons (Fsp3) is 0.688. The van der Waals surface area contributed by atoms with Crippen molar-refractivity contribution in [2.45, 2.75) is 44.7 Å². The van der Waals surface area contributed by atoms with Gasteiger partial charge in [0.1, 0.15) is 0 Å². The van der Waals surface area contributed by atoms with E-state index in [4.69, 9.17) is 4.74 Å². The third-order valence-corrected chi connectivity index (χ3v) is 4.80. The van der Waals surface area contributed by atoms with E-state index in [1.54, 1.807) is 6.20 Å². The number of nitrogens with one attached hydrogen (secondary N) is 1. The van der Waals surface area contributed by atoms with Crippen molar-refractivity contribution in [2.75, 3.05) is 26.3 Å². The summed E-state index contributed by atoms with van der Waals surface area (Å²) < 4.78 is 5.36. The van der Waals surface area contributed by atoms with Gasteiger partial charge >= 0.3 is 0 Å². The number of hydrogen-bond donors (Lipinski definition) is 1. The van der Waals surface area contributed by atoms with E-state index in [-0.39, 0.29) is 23.9 Å². The highest BCUT2D eigenvalue weighted by atomic mass is 16.5. The Balaban J connectivity index is 1.55. The number of aryl methyl sites for hydroxylation is 1. The Kier molecular flexibility index (Phi) is 4.95. The number of likely N-dealkylation sites (tertiary alicyclic amines) is 2. The molecule has 2 aliphatic rings. The molecule has 7 heteroatoms. The molecule has 0 radical (unpaired) electrons. The zero-order valence-corrected chi connectivity index (χ0v) is 13.5. The highest BCUT2D eigenvalue weighted by Crippen LogP contribution is 2.32. The smallest absolute Gasteiger partial charge is 0.225 e. The van der Waals surface area contributed by atoms with Crippen LogP contribution in [0.1, 0.15) is 31.7 Å². The Morgan fingerprint density at radius 2 is 2.35 bits per heavy atom. The molecule has 2 aliphatic heterocycles. The summed E-state index contributed by atoms with van der Waals surface area (Å²) in [5.41, 5.74) is 1.04. The van der Waals surface area contributed by atoms with Gasteiger partial charge in [-0.2, -0.15) is 5.10 Å². The van der Waals surface area contributed by atoms with Crippen molar-refractivity contribution in [1.82, 2.24) is 20.0 Å². The zero-order valence-electron chi connectivity index (χ0n) is 13.5. The maximum Gasteiger partial charge on any atom is 0.225 e. The van der Waals surface area contributed by atoms with E-state index >= 15 is 0 Å². The number of hydrogen-bond acceptors (Lipinski definition) is 4. The molecular formula is C16H24N4O3. The third-order valence-electron chi connectivity index (χ3n) is 4.80. The van der Waals surface area contributed by atoms with Crippen LogP contribution < -0.4 is 0 Å². The Labute approximate surface area is 136 Å². The number of aromatic nitrogens is 2. The second kappa shape index (κ2) is 7.12. The number of fused-ring (bicyclic) bond motifs is 1. The van der Waals surface area contributed by atoms with Crippen molar-refractivity contribution >= 4 is 11.8 Å². The van der Waals surface area contributed by atoms with Gasteiger partial charge < -0.3 is 14.5 Å². The average Bonchev–Trinajstić information content (AvgIpc) is 3.24. The maximum atomic E-state index is 12.5. The highest BCUT2D eigenvalue weighted by molar-refractivity contribution is 5.83. The van der Waals surface area contributed by atoms with Crippen LogP contribution >= 0.6 is 0 Å². The van der Waals surface area contributed by atoms with Crippen molar-refractivity contribution < 1.29 is 14.3 Å². The van der Waals surface area contributed by atoms with Gasteiger partial charge in [0.05, 0.1) is 24.9 Å². The molecule has 23 heavy (non-hydrogen) atoms. The van der Waals surface area contributed by atoms with E-state index in [0.717, 1.165) is 18.5 Å². The molecule has 3 heterocycles. The number of nitrogens with zero attached hydrogens (tertiary/aromatic N) is 3. The van der Waals surface area contributed by atoms with Gasteiger partial charge in [0, 0.05) is 38.7 Å². The number of aromatic amines is 1. The summed E-state index contributed by atoms with van der Waals surface area (Å²) in [7, 11) is 0. The lowest BCUT2D eigenvalue weighted by atomic mass is 10.1. The molecule has 3 rings (SSSR count). The Bertz CT molecular complexity index is 546. The molecule has 2 amide bonds. The fourth-order valence-electron chi connectivity index (χ4n) is 3.64. The normalized spacial score (nSPS) is 23.6. The Morgan fingerprint density at radius 1 is 1.48 bits per heavy atom. The molecule has 1 aromatic rings. The number of ether oxygens (including phenoxy) is 1. The van der Waals surface area contributed by atoms with Crippen LogP contribution in [-0.4, -0.2) is 70.2 Å². The molecule has 0 aliphatic carbocycles. The standard InChI is InChI=1S/C16H24N4O3/c1-2-23-8-7-20-13-5-6-19(14(13)9-16(20)22)15(21)4-3-12-10-17-18-11-12/h10-11,13-14H,2-9H2,1H3,(H,17,18)/t13-,14-/m0/s1. The summed E-state index contributed by atoms with van der Waals surface area (Å²) in [5.74, 6) is 0.283. The summed E-state index contributed by atoms with van der Waals surface area (Å²) >= 11 is 0. The van der Waals surface area contributed by atoms with E-state index in [0.29, 0.717) is 39.0 Å². The summed E-state index contributed by atoms with van der Waals surface area (Å²) in [6.45, 7) is 4.56. The molecular weight excluding hydrogens is 296 g/mol. The van der Waals surface area contributed by atoms with E-state index in [1.165, 1.54) is 0 Å². The molecule has 0 saturated carbocycles. The summed E-state index contributed by atoms with van der Waals surface area (Å²) in [6, 6.07) is 0.210. The van der Waals surface area contributed by atoms with Crippen molar-refractivity contribution in [2.24, 2.45) is 0 Å². The first-order chi connectivity index (χ1) is 11.2. The first-order valence-electron chi connectivity index (χ1n) is 8.35. The van der Waals surface area contributed by atoms with Crippen molar-refractivity contribution in [3.05, 3.63) is 18.0 Å². The largest absolute Gasteiger partial charge is 0.380 e. The lowest BCUT2D eigenvalue weighted by Crippen LogP contribution is -2.40. The van der Waals surface area contributed by atoms with Gasteiger partial charge in [0.25, 0.3) is 0 Å². The summed E-state index contributed by atoms with van der Waals surface area (Å²) in [5, 5.41) is 6.65. The molecule has 0 bridgehead atoms. The van der Waals surface area contributed by atoms with Crippen LogP contribution in [0.2, 0.25) is 0 Å². The fourth-order valence-corrected chi connectivity index (χ4v) is 3.64. The van der Waals surface area contributed by atoms with Crippen LogP contribution in [0.3, 0.4) is 0 Å². The first-order valence-corrected chi connectivity index (χ1v) is 8.35. The number of carbonyl (C=O) groups excluding carboxylic acids is 2. The van der Waals surface area contributed by atoms with Crippen LogP contribution in [0, 0.1) is 0 Å². The van der Waals surface area contributed by atoms with Gasteiger partial charge in [-0.3, -0.25) is 14.7 Å². The van der Waals surface area contributed by atoms with Crippen LogP contribution in [0.5, 0.6) is 0 Å². The SMILES string of the molecule is CCOCCN1C(=O)C[C@H]2[C@@H]1CCN2C(=O)CCc1cn[nH]c1. The predicted octanol–water partition coefficient (Wildman–Crippen LogP) is 0.581. The molecule has 2 fully saturated rings. The lowest BCUT2D eigenvalue weighted by molar-refractivity contribution is -0.132. The number of H-pyrrole nitrogens is 1. The summed E-state index contributed by atoms with van der Waals surface area (Å²) in [4.78, 5) is 28.5. The first kappa shape index (κ1) is 16.0.